The van der Waals surface area contributed by atoms with Crippen molar-refractivity contribution in [2.45, 2.75) is 33.7 Å². The molecule has 0 spiro atoms. The highest BCUT2D eigenvalue weighted by atomic mass is 16.5. The van der Waals surface area contributed by atoms with Gasteiger partial charge in [0, 0.05) is 7.11 Å². The highest BCUT2D eigenvalue weighted by Gasteiger charge is 2.27. The SMILES string of the molecule is COCCOc1cc(C)ccc1NC(=O)[C@@H](N)C(C)(C)C. The molecule has 5 nitrogen and oxygen atoms in total. The van der Waals surface area contributed by atoms with E-state index in [-0.39, 0.29) is 11.3 Å². The molecule has 0 fully saturated rings. The summed E-state index contributed by atoms with van der Waals surface area (Å²) in [7, 11) is 1.62. The van der Waals surface area contributed by atoms with Gasteiger partial charge in [0.1, 0.15) is 12.4 Å². The third kappa shape index (κ3) is 5.36. The predicted octanol–water partition coefficient (Wildman–Crippen LogP) is 2.33. The minimum absolute atomic E-state index is 0.219. The molecule has 0 unspecified atom stereocenters. The van der Waals surface area contributed by atoms with Crippen LogP contribution in [0, 0.1) is 12.3 Å². The number of hydrogen-bond donors (Lipinski definition) is 2. The van der Waals surface area contributed by atoms with Crippen LogP contribution in [-0.2, 0) is 9.53 Å². The molecular weight excluding hydrogens is 268 g/mol. The maximum Gasteiger partial charge on any atom is 0.241 e. The number of methoxy groups -OCH3 is 1. The summed E-state index contributed by atoms with van der Waals surface area (Å²) >= 11 is 0. The number of ether oxygens (including phenoxy) is 2. The lowest BCUT2D eigenvalue weighted by molar-refractivity contribution is -0.119. The Bertz CT molecular complexity index is 481. The van der Waals surface area contributed by atoms with E-state index in [0.29, 0.717) is 24.7 Å². The quantitative estimate of drug-likeness (QED) is 0.790. The van der Waals surface area contributed by atoms with E-state index in [0.717, 1.165) is 5.56 Å². The third-order valence-corrected chi connectivity index (χ3v) is 3.16. The van der Waals surface area contributed by atoms with E-state index in [1.54, 1.807) is 7.11 Å². The second-order valence-corrected chi connectivity index (χ2v) is 6.17. The van der Waals surface area contributed by atoms with Crippen molar-refractivity contribution in [1.29, 1.82) is 0 Å². The van der Waals surface area contributed by atoms with Crippen molar-refractivity contribution >= 4 is 11.6 Å². The molecule has 0 aliphatic carbocycles. The molecule has 0 aromatic heterocycles. The molecule has 1 amide bonds. The number of rotatable bonds is 6. The topological polar surface area (TPSA) is 73.6 Å². The van der Waals surface area contributed by atoms with E-state index < -0.39 is 6.04 Å². The van der Waals surface area contributed by atoms with Gasteiger partial charge in [0.25, 0.3) is 0 Å². The van der Waals surface area contributed by atoms with E-state index in [1.807, 2.05) is 45.9 Å². The summed E-state index contributed by atoms with van der Waals surface area (Å²) in [6.45, 7) is 8.68. The average molecular weight is 294 g/mol. The Morgan fingerprint density at radius 2 is 2.00 bits per heavy atom. The van der Waals surface area contributed by atoms with Crippen molar-refractivity contribution in [1.82, 2.24) is 0 Å². The summed E-state index contributed by atoms with van der Waals surface area (Å²) in [5.41, 5.74) is 7.35. The molecular formula is C16H26N2O3. The van der Waals surface area contributed by atoms with Gasteiger partial charge in [-0.25, -0.2) is 0 Å². The second kappa shape index (κ2) is 7.43. The first-order valence-corrected chi connectivity index (χ1v) is 7.04. The van der Waals surface area contributed by atoms with Crippen LogP contribution < -0.4 is 15.8 Å². The summed E-state index contributed by atoms with van der Waals surface area (Å²) in [5.74, 6) is 0.407. The zero-order valence-corrected chi connectivity index (χ0v) is 13.5. The number of nitrogens with two attached hydrogens (primary N) is 1. The number of hydrogen-bond acceptors (Lipinski definition) is 4. The maximum atomic E-state index is 12.2. The maximum absolute atomic E-state index is 12.2. The van der Waals surface area contributed by atoms with Gasteiger partial charge in [-0.15, -0.1) is 0 Å². The van der Waals surface area contributed by atoms with Gasteiger partial charge in [-0.1, -0.05) is 26.8 Å². The number of amides is 1. The smallest absolute Gasteiger partial charge is 0.241 e. The molecule has 0 bridgehead atoms. The van der Waals surface area contributed by atoms with Crippen molar-refractivity contribution in [3.8, 4) is 5.75 Å². The van der Waals surface area contributed by atoms with Crippen LogP contribution in [0.1, 0.15) is 26.3 Å². The minimum Gasteiger partial charge on any atom is -0.489 e. The van der Waals surface area contributed by atoms with Crippen molar-refractivity contribution in [3.05, 3.63) is 23.8 Å². The average Bonchev–Trinajstić information content (AvgIpc) is 2.40. The van der Waals surface area contributed by atoms with Crippen LogP contribution in [0.3, 0.4) is 0 Å². The molecule has 0 saturated heterocycles. The Hall–Kier alpha value is -1.59. The zero-order chi connectivity index (χ0) is 16.0. The van der Waals surface area contributed by atoms with Gasteiger partial charge in [-0.2, -0.15) is 0 Å². The van der Waals surface area contributed by atoms with Crippen LogP contribution in [0.5, 0.6) is 5.75 Å². The van der Waals surface area contributed by atoms with Crippen LogP contribution in [0.15, 0.2) is 18.2 Å². The zero-order valence-electron chi connectivity index (χ0n) is 13.5. The lowest BCUT2D eigenvalue weighted by Gasteiger charge is -2.26. The lowest BCUT2D eigenvalue weighted by Crippen LogP contribution is -2.45. The molecule has 5 heteroatoms. The standard InChI is InChI=1S/C16H26N2O3/c1-11-6-7-12(13(10-11)21-9-8-20-5)18-15(19)14(17)16(2,3)4/h6-7,10,14H,8-9,17H2,1-5H3,(H,18,19)/t14-/m1/s1. The molecule has 1 atom stereocenters. The largest absolute Gasteiger partial charge is 0.489 e. The van der Waals surface area contributed by atoms with Gasteiger partial charge in [0.05, 0.1) is 18.3 Å². The molecule has 1 aromatic rings. The Balaban J connectivity index is 2.84. The Morgan fingerprint density at radius 1 is 1.33 bits per heavy atom. The van der Waals surface area contributed by atoms with E-state index in [9.17, 15) is 4.79 Å². The number of aryl methyl sites for hydroxylation is 1. The van der Waals surface area contributed by atoms with Gasteiger partial charge in [-0.3, -0.25) is 4.79 Å². The van der Waals surface area contributed by atoms with Crippen LogP contribution >= 0.6 is 0 Å². The third-order valence-electron chi connectivity index (χ3n) is 3.16. The van der Waals surface area contributed by atoms with E-state index in [4.69, 9.17) is 15.2 Å². The molecule has 3 N–H and O–H groups in total. The molecule has 0 aliphatic rings. The number of carbonyl (C=O) groups is 1. The van der Waals surface area contributed by atoms with Crippen LogP contribution in [-0.4, -0.2) is 32.3 Å². The Kier molecular flexibility index (Phi) is 6.18. The van der Waals surface area contributed by atoms with Crippen molar-refractivity contribution < 1.29 is 14.3 Å². The predicted molar refractivity (Wildman–Crippen MR) is 84.6 cm³/mol. The van der Waals surface area contributed by atoms with Gasteiger partial charge in [-0.05, 0) is 30.0 Å². The van der Waals surface area contributed by atoms with Crippen LogP contribution in [0.4, 0.5) is 5.69 Å². The fourth-order valence-corrected chi connectivity index (χ4v) is 1.69. The number of nitrogens with one attached hydrogen (secondary N) is 1. The number of benzene rings is 1. The molecule has 0 aliphatic heterocycles. The first kappa shape index (κ1) is 17.5. The number of carbonyl (C=O) groups excluding carboxylic acids is 1. The summed E-state index contributed by atoms with van der Waals surface area (Å²) in [4.78, 5) is 12.2. The first-order valence-electron chi connectivity index (χ1n) is 7.04. The summed E-state index contributed by atoms with van der Waals surface area (Å²) in [6.07, 6.45) is 0. The van der Waals surface area contributed by atoms with Crippen LogP contribution in [0.25, 0.3) is 0 Å². The first-order chi connectivity index (χ1) is 9.75. The summed E-state index contributed by atoms with van der Waals surface area (Å²) < 4.78 is 10.6. The molecule has 0 radical (unpaired) electrons. The van der Waals surface area contributed by atoms with Gasteiger partial charge in [0.2, 0.25) is 5.91 Å². The normalized spacial score (nSPS) is 12.9. The highest BCUT2D eigenvalue weighted by Crippen LogP contribution is 2.27. The molecule has 21 heavy (non-hydrogen) atoms. The molecule has 0 heterocycles. The van der Waals surface area contributed by atoms with Crippen molar-refractivity contribution in [2.75, 3.05) is 25.6 Å². The molecule has 118 valence electrons. The molecule has 1 rings (SSSR count). The lowest BCUT2D eigenvalue weighted by atomic mass is 9.87. The van der Waals surface area contributed by atoms with E-state index >= 15 is 0 Å². The van der Waals surface area contributed by atoms with E-state index in [2.05, 4.69) is 5.32 Å². The fraction of sp³-hybridized carbons (Fsp3) is 0.562. The Morgan fingerprint density at radius 3 is 2.57 bits per heavy atom. The molecule has 1 aromatic carbocycles. The van der Waals surface area contributed by atoms with Gasteiger partial charge in [0.15, 0.2) is 0 Å². The highest BCUT2D eigenvalue weighted by molar-refractivity contribution is 5.96. The van der Waals surface area contributed by atoms with Crippen LogP contribution in [0.2, 0.25) is 0 Å². The Labute approximate surface area is 126 Å². The number of anilines is 1. The summed E-state index contributed by atoms with van der Waals surface area (Å²) in [6, 6.07) is 5.03. The van der Waals surface area contributed by atoms with Crippen molar-refractivity contribution in [2.24, 2.45) is 11.1 Å². The van der Waals surface area contributed by atoms with Crippen molar-refractivity contribution in [3.63, 3.8) is 0 Å². The van der Waals surface area contributed by atoms with Gasteiger partial charge >= 0.3 is 0 Å². The summed E-state index contributed by atoms with van der Waals surface area (Å²) in [5, 5.41) is 2.84. The molecule has 0 saturated carbocycles. The second-order valence-electron chi connectivity index (χ2n) is 6.17. The minimum atomic E-state index is -0.592. The van der Waals surface area contributed by atoms with E-state index in [1.165, 1.54) is 0 Å². The van der Waals surface area contributed by atoms with Gasteiger partial charge < -0.3 is 20.5 Å². The fourth-order valence-electron chi connectivity index (χ4n) is 1.69. The monoisotopic (exact) mass is 294 g/mol.